The molecule has 1 aromatic heterocycles. The Balaban J connectivity index is 2.53. The van der Waals surface area contributed by atoms with Gasteiger partial charge in [0.25, 0.3) is 0 Å². The smallest absolute Gasteiger partial charge is 0.326 e. The molecule has 0 spiro atoms. The second kappa shape index (κ2) is 6.39. The predicted molar refractivity (Wildman–Crippen MR) is 70.7 cm³/mol. The standard InChI is InChI=1S/C12H18N2O3S/c1-7(2)10(11(15)16)14-12(17)13-8(3)9-5-4-6-18-9/h4-8,10H,1-3H3,(H,15,16)(H2,13,14,17). The summed E-state index contributed by atoms with van der Waals surface area (Å²) >= 11 is 1.55. The molecule has 0 aliphatic carbocycles. The van der Waals surface area contributed by atoms with E-state index in [9.17, 15) is 9.59 Å². The average molecular weight is 270 g/mol. The lowest BCUT2D eigenvalue weighted by atomic mass is 10.1. The largest absolute Gasteiger partial charge is 0.480 e. The highest BCUT2D eigenvalue weighted by Crippen LogP contribution is 2.17. The number of carboxylic acids is 1. The van der Waals surface area contributed by atoms with E-state index < -0.39 is 18.0 Å². The molecule has 0 aliphatic rings. The van der Waals surface area contributed by atoms with Crippen molar-refractivity contribution in [3.05, 3.63) is 22.4 Å². The summed E-state index contributed by atoms with van der Waals surface area (Å²) in [5.41, 5.74) is 0. The number of thiophene rings is 1. The van der Waals surface area contributed by atoms with Gasteiger partial charge in [0.2, 0.25) is 0 Å². The number of rotatable bonds is 5. The van der Waals surface area contributed by atoms with Crippen LogP contribution in [0.25, 0.3) is 0 Å². The molecule has 1 rings (SSSR count). The van der Waals surface area contributed by atoms with Crippen molar-refractivity contribution < 1.29 is 14.7 Å². The first-order chi connectivity index (χ1) is 8.41. The molecule has 2 atom stereocenters. The Labute approximate surface area is 110 Å². The first kappa shape index (κ1) is 14.5. The lowest BCUT2D eigenvalue weighted by molar-refractivity contribution is -0.140. The van der Waals surface area contributed by atoms with Gasteiger partial charge in [-0.05, 0) is 24.3 Å². The van der Waals surface area contributed by atoms with Gasteiger partial charge in [-0.25, -0.2) is 9.59 Å². The normalized spacial score (nSPS) is 14.0. The molecule has 0 radical (unpaired) electrons. The summed E-state index contributed by atoms with van der Waals surface area (Å²) in [4.78, 5) is 23.7. The van der Waals surface area contributed by atoms with Gasteiger partial charge in [0.1, 0.15) is 6.04 Å². The van der Waals surface area contributed by atoms with Crippen molar-refractivity contribution in [1.82, 2.24) is 10.6 Å². The Morgan fingerprint density at radius 3 is 2.39 bits per heavy atom. The van der Waals surface area contributed by atoms with Gasteiger partial charge in [0.15, 0.2) is 0 Å². The van der Waals surface area contributed by atoms with Gasteiger partial charge < -0.3 is 15.7 Å². The first-order valence-corrected chi connectivity index (χ1v) is 6.63. The van der Waals surface area contributed by atoms with Crippen molar-refractivity contribution in [2.24, 2.45) is 5.92 Å². The molecular weight excluding hydrogens is 252 g/mol. The third-order valence-electron chi connectivity index (χ3n) is 2.54. The van der Waals surface area contributed by atoms with Gasteiger partial charge in [0, 0.05) is 4.88 Å². The predicted octanol–water partition coefficient (Wildman–Crippen LogP) is 2.22. The molecule has 5 nitrogen and oxygen atoms in total. The van der Waals surface area contributed by atoms with Gasteiger partial charge in [-0.3, -0.25) is 0 Å². The molecule has 1 aromatic rings. The Bertz CT molecular complexity index is 403. The Hall–Kier alpha value is -1.56. The van der Waals surface area contributed by atoms with E-state index in [4.69, 9.17) is 5.11 Å². The molecule has 0 saturated carbocycles. The average Bonchev–Trinajstić information content (AvgIpc) is 2.78. The summed E-state index contributed by atoms with van der Waals surface area (Å²) in [6.07, 6.45) is 0. The molecular formula is C12H18N2O3S. The van der Waals surface area contributed by atoms with E-state index in [2.05, 4.69) is 10.6 Å². The third kappa shape index (κ3) is 4.03. The summed E-state index contributed by atoms with van der Waals surface area (Å²) in [6.45, 7) is 5.36. The van der Waals surface area contributed by atoms with Crippen LogP contribution in [0.4, 0.5) is 4.79 Å². The molecule has 100 valence electrons. The summed E-state index contributed by atoms with van der Waals surface area (Å²) in [5.74, 6) is -1.19. The number of urea groups is 1. The van der Waals surface area contributed by atoms with Gasteiger partial charge in [-0.1, -0.05) is 19.9 Å². The van der Waals surface area contributed by atoms with Crippen LogP contribution in [-0.2, 0) is 4.79 Å². The van der Waals surface area contributed by atoms with Crippen LogP contribution in [0.3, 0.4) is 0 Å². The fraction of sp³-hybridized carbons (Fsp3) is 0.500. The minimum absolute atomic E-state index is 0.133. The highest BCUT2D eigenvalue weighted by Gasteiger charge is 2.24. The van der Waals surface area contributed by atoms with Gasteiger partial charge in [-0.2, -0.15) is 0 Å². The number of aliphatic carboxylic acids is 1. The first-order valence-electron chi connectivity index (χ1n) is 5.75. The number of hydrogen-bond donors (Lipinski definition) is 3. The Morgan fingerprint density at radius 1 is 1.28 bits per heavy atom. The minimum Gasteiger partial charge on any atom is -0.480 e. The van der Waals surface area contributed by atoms with E-state index in [0.29, 0.717) is 0 Å². The van der Waals surface area contributed by atoms with Crippen LogP contribution >= 0.6 is 11.3 Å². The van der Waals surface area contributed by atoms with Crippen molar-refractivity contribution >= 4 is 23.3 Å². The van der Waals surface area contributed by atoms with Crippen LogP contribution in [0.15, 0.2) is 17.5 Å². The fourth-order valence-corrected chi connectivity index (χ4v) is 2.24. The van der Waals surface area contributed by atoms with Crippen molar-refractivity contribution in [3.63, 3.8) is 0 Å². The van der Waals surface area contributed by atoms with Gasteiger partial charge in [0.05, 0.1) is 6.04 Å². The Kier molecular flexibility index (Phi) is 5.15. The second-order valence-electron chi connectivity index (χ2n) is 4.41. The van der Waals surface area contributed by atoms with Crippen molar-refractivity contribution in [1.29, 1.82) is 0 Å². The van der Waals surface area contributed by atoms with Crippen LogP contribution in [0, 0.1) is 5.92 Å². The van der Waals surface area contributed by atoms with Crippen molar-refractivity contribution in [3.8, 4) is 0 Å². The lowest BCUT2D eigenvalue weighted by Gasteiger charge is -2.20. The number of hydrogen-bond acceptors (Lipinski definition) is 3. The zero-order valence-corrected chi connectivity index (χ0v) is 11.5. The van der Waals surface area contributed by atoms with Crippen molar-refractivity contribution in [2.45, 2.75) is 32.9 Å². The van der Waals surface area contributed by atoms with E-state index >= 15 is 0 Å². The van der Waals surface area contributed by atoms with Crippen LogP contribution < -0.4 is 10.6 Å². The van der Waals surface area contributed by atoms with E-state index in [-0.39, 0.29) is 12.0 Å². The number of amides is 2. The van der Waals surface area contributed by atoms with Gasteiger partial charge in [-0.15, -0.1) is 11.3 Å². The minimum atomic E-state index is -1.02. The van der Waals surface area contributed by atoms with Crippen molar-refractivity contribution in [2.75, 3.05) is 0 Å². The maximum Gasteiger partial charge on any atom is 0.326 e. The Morgan fingerprint density at radius 2 is 1.94 bits per heavy atom. The fourth-order valence-electron chi connectivity index (χ4n) is 1.50. The number of carbonyl (C=O) groups is 2. The van der Waals surface area contributed by atoms with Crippen LogP contribution in [0.1, 0.15) is 31.7 Å². The maximum absolute atomic E-state index is 11.7. The summed E-state index contributed by atoms with van der Waals surface area (Å²) in [7, 11) is 0. The zero-order valence-electron chi connectivity index (χ0n) is 10.6. The second-order valence-corrected chi connectivity index (χ2v) is 5.39. The monoisotopic (exact) mass is 270 g/mol. The van der Waals surface area contributed by atoms with Crippen LogP contribution in [0.2, 0.25) is 0 Å². The van der Waals surface area contributed by atoms with E-state index in [1.807, 2.05) is 24.4 Å². The molecule has 3 N–H and O–H groups in total. The number of nitrogens with one attached hydrogen (secondary N) is 2. The zero-order chi connectivity index (χ0) is 13.7. The highest BCUT2D eigenvalue weighted by atomic mass is 32.1. The molecule has 0 aliphatic heterocycles. The van der Waals surface area contributed by atoms with Crippen LogP contribution in [-0.4, -0.2) is 23.1 Å². The molecule has 2 unspecified atom stereocenters. The van der Waals surface area contributed by atoms with Crippen LogP contribution in [0.5, 0.6) is 0 Å². The van der Waals surface area contributed by atoms with E-state index in [1.54, 1.807) is 25.2 Å². The molecule has 0 saturated heterocycles. The molecule has 18 heavy (non-hydrogen) atoms. The molecule has 0 aromatic carbocycles. The molecule has 2 amide bonds. The SMILES string of the molecule is CC(NC(=O)NC(C(=O)O)C(C)C)c1cccs1. The van der Waals surface area contributed by atoms with E-state index in [0.717, 1.165) is 4.88 Å². The number of carbonyl (C=O) groups excluding carboxylic acids is 1. The third-order valence-corrected chi connectivity index (χ3v) is 3.59. The highest BCUT2D eigenvalue weighted by molar-refractivity contribution is 7.10. The summed E-state index contributed by atoms with van der Waals surface area (Å²) in [6, 6.07) is 2.36. The number of carboxylic acid groups (broad SMARTS) is 1. The lowest BCUT2D eigenvalue weighted by Crippen LogP contribution is -2.49. The molecule has 1 heterocycles. The summed E-state index contributed by atoms with van der Waals surface area (Å²) in [5, 5.41) is 16.1. The van der Waals surface area contributed by atoms with E-state index in [1.165, 1.54) is 0 Å². The molecule has 6 heteroatoms. The quantitative estimate of drug-likeness (QED) is 0.767. The van der Waals surface area contributed by atoms with Gasteiger partial charge >= 0.3 is 12.0 Å². The summed E-state index contributed by atoms with van der Waals surface area (Å²) < 4.78 is 0. The molecule has 0 fully saturated rings. The maximum atomic E-state index is 11.7. The molecule has 0 bridgehead atoms. The topological polar surface area (TPSA) is 78.4 Å².